The maximum absolute atomic E-state index is 2.67. The van der Waals surface area contributed by atoms with Crippen LogP contribution in [0.15, 0.2) is 206 Å². The molecule has 0 radical (unpaired) electrons. The van der Waals surface area contributed by atoms with Crippen LogP contribution in [-0.2, 0) is 21.7 Å². The van der Waals surface area contributed by atoms with E-state index < -0.39 is 0 Å². The molecule has 0 spiro atoms. The van der Waals surface area contributed by atoms with Gasteiger partial charge in [-0.2, -0.15) is 0 Å². The van der Waals surface area contributed by atoms with Gasteiger partial charge in [-0.3, -0.25) is 0 Å². The molecular weight excluding hydrogens is 993 g/mol. The summed E-state index contributed by atoms with van der Waals surface area (Å²) in [5.74, 6) is 0.520. The van der Waals surface area contributed by atoms with Crippen molar-refractivity contribution in [1.82, 2.24) is 4.57 Å². The monoisotopic (exact) mass is 1060 g/mol. The van der Waals surface area contributed by atoms with Crippen molar-refractivity contribution >= 4 is 67.3 Å². The minimum absolute atomic E-state index is 0.231. The lowest BCUT2D eigenvalue weighted by Crippen LogP contribution is -2.32. The zero-order valence-electron chi connectivity index (χ0n) is 48.4. The number of hydrogen-bond donors (Lipinski definition) is 0. The Bertz CT molecular complexity index is 4550. The van der Waals surface area contributed by atoms with Crippen molar-refractivity contribution < 1.29 is 0 Å². The van der Waals surface area contributed by atoms with Gasteiger partial charge in [0.15, 0.2) is 0 Å². The molecule has 10 aromatic carbocycles. The van der Waals surface area contributed by atoms with Gasteiger partial charge in [-0.05, 0) is 200 Å². The fourth-order valence-electron chi connectivity index (χ4n) is 16.9. The maximum Gasteiger partial charge on any atom is 0.0542 e. The average Bonchev–Trinajstić information content (AvgIpc) is 1.63. The summed E-state index contributed by atoms with van der Waals surface area (Å²) in [7, 11) is 0. The van der Waals surface area contributed by atoms with E-state index in [4.69, 9.17) is 0 Å². The molecule has 1 fully saturated rings. The fourth-order valence-corrected chi connectivity index (χ4v) is 16.9. The van der Waals surface area contributed by atoms with Gasteiger partial charge in [-0.1, -0.05) is 159 Å². The highest BCUT2D eigenvalue weighted by molar-refractivity contribution is 6.11. The average molecular weight is 1060 g/mol. The molecule has 11 aromatic rings. The molecule has 4 nitrogen and oxygen atoms in total. The summed E-state index contributed by atoms with van der Waals surface area (Å²) in [4.78, 5) is 7.88. The highest BCUT2D eigenvalue weighted by atomic mass is 15.2. The van der Waals surface area contributed by atoms with Crippen molar-refractivity contribution in [3.05, 3.63) is 256 Å². The standard InChI is InChI=1S/C78H68N4/c1-75(2)59-29-17-21-33-71(59)81(49-35-37-69-57(39-49)51-27-15-19-31-67(51)79(69)47-23-11-9-12-24-47)73-45-63-55(43-65(73)75)53-41-62-54(42-61(53)77(63,5)6)56-44-66-74(46-64(56)78(62,7)8)82(72-34-22-18-30-60(72)76(66,3)4)50-36-38-70-58(40-50)52-28-16-20-32-68(52)80(70)48-25-13-10-14-26-48/h9-15,17-19,21-27,29-31,33-46,52,68H,16,20,28,32H2,1-8H3. The summed E-state index contributed by atoms with van der Waals surface area (Å²) in [6.45, 7) is 19.7. The largest absolute Gasteiger partial charge is 0.338 e. The summed E-state index contributed by atoms with van der Waals surface area (Å²) in [5, 5.41) is 2.51. The molecule has 2 unspecified atom stereocenters. The molecular formula is C78H68N4. The Labute approximate surface area is 482 Å². The Hall–Kier alpha value is -8.60. The van der Waals surface area contributed by atoms with E-state index in [1.54, 1.807) is 0 Å². The van der Waals surface area contributed by atoms with Crippen LogP contribution >= 0.6 is 0 Å². The van der Waals surface area contributed by atoms with Gasteiger partial charge < -0.3 is 19.3 Å². The van der Waals surface area contributed by atoms with Crippen LogP contribution in [0.4, 0.5) is 45.5 Å². The molecule has 3 aliphatic carbocycles. The summed E-state index contributed by atoms with van der Waals surface area (Å²) < 4.78 is 2.42. The van der Waals surface area contributed by atoms with E-state index in [-0.39, 0.29) is 21.7 Å². The third kappa shape index (κ3) is 6.28. The molecule has 17 rings (SSSR count). The van der Waals surface area contributed by atoms with E-state index in [1.165, 1.54) is 171 Å². The second-order valence-electron chi connectivity index (χ2n) is 26.8. The minimum atomic E-state index is -0.258. The van der Waals surface area contributed by atoms with E-state index >= 15 is 0 Å². The highest BCUT2D eigenvalue weighted by Crippen LogP contribution is 2.63. The SMILES string of the molecule is CC1(C)c2cc3c(cc2-c2cc4c(cc21)N(c1ccc2c(c1)C1CCCCC1N2c1ccccc1)c1ccccc1C4(C)C)C(C)(C)c1cc2c(cc1-3)C(C)(C)c1ccccc1N2c1ccc2c(c1)c1ccccc1n2-c1ccccc1. The summed E-state index contributed by atoms with van der Waals surface area (Å²) in [5.41, 5.74) is 30.9. The van der Waals surface area contributed by atoms with Gasteiger partial charge >= 0.3 is 0 Å². The predicted octanol–water partition coefficient (Wildman–Crippen LogP) is 20.8. The van der Waals surface area contributed by atoms with Crippen LogP contribution in [0.2, 0.25) is 0 Å². The van der Waals surface area contributed by atoms with Crippen LogP contribution in [0.5, 0.6) is 0 Å². The van der Waals surface area contributed by atoms with E-state index in [9.17, 15) is 0 Å². The van der Waals surface area contributed by atoms with Crippen LogP contribution in [-0.4, -0.2) is 10.6 Å². The quantitative estimate of drug-likeness (QED) is 0.175. The molecule has 0 amide bonds. The normalized spacial score (nSPS) is 19.3. The van der Waals surface area contributed by atoms with Crippen molar-refractivity contribution in [2.45, 2.75) is 115 Å². The van der Waals surface area contributed by atoms with Crippen molar-refractivity contribution in [2.75, 3.05) is 14.7 Å². The molecule has 82 heavy (non-hydrogen) atoms. The zero-order valence-corrected chi connectivity index (χ0v) is 48.4. The fraction of sp³-hybridized carbons (Fsp3) is 0.231. The molecule has 1 saturated carbocycles. The third-order valence-corrected chi connectivity index (χ3v) is 21.1. The van der Waals surface area contributed by atoms with Crippen LogP contribution < -0.4 is 14.7 Å². The Kier molecular flexibility index (Phi) is 9.71. The zero-order chi connectivity index (χ0) is 55.3. The second kappa shape index (κ2) is 16.5. The van der Waals surface area contributed by atoms with Gasteiger partial charge in [0.1, 0.15) is 0 Å². The molecule has 400 valence electrons. The lowest BCUT2D eigenvalue weighted by atomic mass is 9.71. The first-order valence-corrected chi connectivity index (χ1v) is 30.1. The first-order chi connectivity index (χ1) is 39.7. The lowest BCUT2D eigenvalue weighted by molar-refractivity contribution is 0.402. The molecule has 6 aliphatic rings. The molecule has 0 saturated heterocycles. The Balaban J connectivity index is 0.808. The molecule has 3 aliphatic heterocycles. The minimum Gasteiger partial charge on any atom is -0.338 e. The van der Waals surface area contributed by atoms with Gasteiger partial charge in [-0.25, -0.2) is 0 Å². The van der Waals surface area contributed by atoms with Gasteiger partial charge in [0, 0.05) is 72.8 Å². The van der Waals surface area contributed by atoms with Crippen molar-refractivity contribution in [2.24, 2.45) is 0 Å². The maximum atomic E-state index is 2.67. The first-order valence-electron chi connectivity index (χ1n) is 30.1. The Morgan fingerprint density at radius 1 is 0.317 bits per heavy atom. The Morgan fingerprint density at radius 2 is 0.768 bits per heavy atom. The molecule has 4 heteroatoms. The van der Waals surface area contributed by atoms with Crippen LogP contribution in [0.1, 0.15) is 137 Å². The van der Waals surface area contributed by atoms with Gasteiger partial charge in [-0.15, -0.1) is 0 Å². The summed E-state index contributed by atoms with van der Waals surface area (Å²) >= 11 is 0. The van der Waals surface area contributed by atoms with Gasteiger partial charge in [0.05, 0.1) is 33.8 Å². The first kappa shape index (κ1) is 48.1. The van der Waals surface area contributed by atoms with Crippen molar-refractivity contribution in [3.63, 3.8) is 0 Å². The topological polar surface area (TPSA) is 14.7 Å². The van der Waals surface area contributed by atoms with E-state index in [2.05, 4.69) is 281 Å². The number of aromatic nitrogens is 1. The molecule has 2 atom stereocenters. The molecule has 0 bridgehead atoms. The third-order valence-electron chi connectivity index (χ3n) is 21.1. The number of fused-ring (bicyclic) bond motifs is 16. The number of rotatable bonds is 4. The van der Waals surface area contributed by atoms with E-state index in [1.807, 2.05) is 0 Å². The summed E-state index contributed by atoms with van der Waals surface area (Å²) in [6, 6.07) is 80.0. The number of anilines is 8. The molecule has 0 N–H and O–H groups in total. The number of benzene rings is 10. The molecule has 4 heterocycles. The number of hydrogen-bond acceptors (Lipinski definition) is 3. The van der Waals surface area contributed by atoms with Crippen LogP contribution in [0.3, 0.4) is 0 Å². The molecule has 1 aromatic heterocycles. The van der Waals surface area contributed by atoms with E-state index in [0.29, 0.717) is 12.0 Å². The van der Waals surface area contributed by atoms with Gasteiger partial charge in [0.2, 0.25) is 0 Å². The van der Waals surface area contributed by atoms with Crippen molar-refractivity contribution in [3.8, 4) is 27.9 Å². The number of para-hydroxylation sites is 5. The second-order valence-corrected chi connectivity index (χ2v) is 26.8. The van der Waals surface area contributed by atoms with Gasteiger partial charge in [0.25, 0.3) is 0 Å². The Morgan fingerprint density at radius 3 is 1.37 bits per heavy atom. The van der Waals surface area contributed by atoms with E-state index in [0.717, 1.165) is 0 Å². The lowest BCUT2D eigenvalue weighted by Gasteiger charge is -2.43. The predicted molar refractivity (Wildman–Crippen MR) is 343 cm³/mol. The summed E-state index contributed by atoms with van der Waals surface area (Å²) in [6.07, 6.45) is 5.05. The highest BCUT2D eigenvalue weighted by Gasteiger charge is 2.48. The van der Waals surface area contributed by atoms with Crippen molar-refractivity contribution in [1.29, 1.82) is 0 Å². The number of nitrogens with zero attached hydrogens (tertiary/aromatic N) is 4. The van der Waals surface area contributed by atoms with Crippen LogP contribution in [0.25, 0.3) is 49.7 Å². The smallest absolute Gasteiger partial charge is 0.0542 e. The van der Waals surface area contributed by atoms with Crippen LogP contribution in [0, 0.1) is 0 Å².